The van der Waals surface area contributed by atoms with Crippen LogP contribution in [0.3, 0.4) is 0 Å². The van der Waals surface area contributed by atoms with E-state index in [1.165, 1.54) is 11.3 Å². The highest BCUT2D eigenvalue weighted by Gasteiger charge is 2.35. The Balaban J connectivity index is 1.33. The largest absolute Gasteiger partial charge is 0.459 e. The molecule has 1 saturated heterocycles. The molecule has 164 valence electrons. The maximum Gasteiger partial charge on any atom is 0.449 e. The number of rotatable bonds is 5. The Labute approximate surface area is 180 Å². The molecule has 1 atom stereocenters. The molecule has 6 nitrogen and oxygen atoms in total. The third-order valence-corrected chi connectivity index (χ3v) is 5.98. The van der Waals surface area contributed by atoms with Crippen LogP contribution in [0.2, 0.25) is 0 Å². The van der Waals surface area contributed by atoms with Crippen LogP contribution < -0.4 is 5.32 Å². The zero-order valence-corrected chi connectivity index (χ0v) is 17.1. The van der Waals surface area contributed by atoms with E-state index in [-0.39, 0.29) is 30.8 Å². The third-order valence-electron chi connectivity index (χ3n) is 5.13. The molecule has 1 aliphatic heterocycles. The molecule has 10 heteroatoms. The van der Waals surface area contributed by atoms with Crippen molar-refractivity contribution in [3.05, 3.63) is 63.8 Å². The molecule has 2 aromatic heterocycles. The van der Waals surface area contributed by atoms with Crippen molar-refractivity contribution < 1.29 is 31.9 Å². The summed E-state index contributed by atoms with van der Waals surface area (Å²) < 4.78 is 48.2. The van der Waals surface area contributed by atoms with Crippen molar-refractivity contribution in [3.63, 3.8) is 0 Å². The second kappa shape index (κ2) is 8.72. The van der Waals surface area contributed by atoms with Gasteiger partial charge in [0.15, 0.2) is 0 Å². The number of carbonyl (C=O) groups excluding carboxylic acids is 2. The van der Waals surface area contributed by atoms with Gasteiger partial charge in [0.2, 0.25) is 11.7 Å². The predicted octanol–water partition coefficient (Wildman–Crippen LogP) is 3.73. The average molecular weight is 452 g/mol. The smallest absolute Gasteiger partial charge is 0.449 e. The molecule has 2 aromatic rings. The standard InChI is InChI=1S/C21H19F3N2O4S/c22-21(23,24)18-9-15(11-30-18)13-3-4-14(8-13)19(27)25-10-16-12-29-6-5-26(16)20(28)17-2-1-7-31-17/h1-4,7,9,11,16H,5-6,8,10,12H2,(H,25,27). The quantitative estimate of drug-likeness (QED) is 0.751. The number of hydrogen-bond donors (Lipinski definition) is 1. The van der Waals surface area contributed by atoms with Gasteiger partial charge in [0, 0.05) is 30.6 Å². The van der Waals surface area contributed by atoms with Crippen molar-refractivity contribution in [2.75, 3.05) is 26.3 Å². The number of amides is 2. The van der Waals surface area contributed by atoms with Crippen LogP contribution in [-0.4, -0.2) is 49.1 Å². The molecule has 0 spiro atoms. The van der Waals surface area contributed by atoms with Gasteiger partial charge in [0.1, 0.15) is 0 Å². The summed E-state index contributed by atoms with van der Waals surface area (Å²) >= 11 is 1.36. The van der Waals surface area contributed by atoms with Gasteiger partial charge >= 0.3 is 6.18 Å². The first-order valence-electron chi connectivity index (χ1n) is 9.59. The molecule has 0 radical (unpaired) electrons. The lowest BCUT2D eigenvalue weighted by atomic mass is 10.1. The highest BCUT2D eigenvalue weighted by Crippen LogP contribution is 2.35. The molecule has 0 bridgehead atoms. The molecule has 2 aliphatic rings. The number of nitrogens with one attached hydrogen (secondary N) is 1. The van der Waals surface area contributed by atoms with Crippen LogP contribution in [0.5, 0.6) is 0 Å². The molecule has 2 amide bonds. The van der Waals surface area contributed by atoms with E-state index in [9.17, 15) is 22.8 Å². The van der Waals surface area contributed by atoms with Gasteiger partial charge in [-0.1, -0.05) is 18.2 Å². The number of alkyl halides is 3. The van der Waals surface area contributed by atoms with Crippen LogP contribution in [0.25, 0.3) is 5.57 Å². The molecule has 0 saturated carbocycles. The average Bonchev–Trinajstić information content (AvgIpc) is 3.51. The number of hydrogen-bond acceptors (Lipinski definition) is 5. The van der Waals surface area contributed by atoms with Crippen molar-refractivity contribution in [3.8, 4) is 0 Å². The monoisotopic (exact) mass is 452 g/mol. The van der Waals surface area contributed by atoms with E-state index in [0.29, 0.717) is 41.3 Å². The predicted molar refractivity (Wildman–Crippen MR) is 107 cm³/mol. The normalized spacial score (nSPS) is 19.2. The van der Waals surface area contributed by atoms with E-state index >= 15 is 0 Å². The molecule has 1 fully saturated rings. The number of morpholine rings is 1. The second-order valence-electron chi connectivity index (χ2n) is 7.17. The minimum Gasteiger partial charge on any atom is -0.459 e. The van der Waals surface area contributed by atoms with E-state index in [2.05, 4.69) is 9.73 Å². The molecule has 1 unspecified atom stereocenters. The van der Waals surface area contributed by atoms with E-state index in [1.54, 1.807) is 23.1 Å². The van der Waals surface area contributed by atoms with Gasteiger partial charge in [-0.25, -0.2) is 0 Å². The molecule has 0 aromatic carbocycles. The molecular formula is C21H19F3N2O4S. The summed E-state index contributed by atoms with van der Waals surface area (Å²) in [5.41, 5.74) is 1.29. The summed E-state index contributed by atoms with van der Waals surface area (Å²) in [5, 5.41) is 4.64. The lowest BCUT2D eigenvalue weighted by Gasteiger charge is -2.35. The summed E-state index contributed by atoms with van der Waals surface area (Å²) in [4.78, 5) is 27.6. The van der Waals surface area contributed by atoms with Crippen molar-refractivity contribution in [1.29, 1.82) is 0 Å². The summed E-state index contributed by atoms with van der Waals surface area (Å²) in [6, 6.07) is 4.19. The third kappa shape index (κ3) is 4.75. The Morgan fingerprint density at radius 3 is 2.84 bits per heavy atom. The first kappa shape index (κ1) is 21.4. The molecule has 1 N–H and O–H groups in total. The lowest BCUT2D eigenvalue weighted by Crippen LogP contribution is -2.53. The topological polar surface area (TPSA) is 71.8 Å². The Kier molecular flexibility index (Phi) is 6.01. The van der Waals surface area contributed by atoms with Crippen LogP contribution in [-0.2, 0) is 15.7 Å². The van der Waals surface area contributed by atoms with Gasteiger partial charge < -0.3 is 19.4 Å². The lowest BCUT2D eigenvalue weighted by molar-refractivity contribution is -0.153. The SMILES string of the molecule is O=C(NCC1COCCN1C(=O)c1cccs1)C1=CC=C(c2coc(C(F)(F)F)c2)C1. The number of halogens is 3. The number of furan rings is 1. The van der Waals surface area contributed by atoms with E-state index in [4.69, 9.17) is 4.74 Å². The minimum atomic E-state index is -4.56. The van der Waals surface area contributed by atoms with Crippen molar-refractivity contribution in [1.82, 2.24) is 10.2 Å². The van der Waals surface area contributed by atoms with E-state index in [1.807, 2.05) is 11.4 Å². The number of nitrogens with zero attached hydrogens (tertiary/aromatic N) is 1. The van der Waals surface area contributed by atoms with Gasteiger partial charge in [0.25, 0.3) is 5.91 Å². The van der Waals surface area contributed by atoms with E-state index < -0.39 is 11.9 Å². The zero-order chi connectivity index (χ0) is 22.0. The van der Waals surface area contributed by atoms with Crippen LogP contribution >= 0.6 is 11.3 Å². The molecule has 1 aliphatic carbocycles. The van der Waals surface area contributed by atoms with Crippen LogP contribution in [0.4, 0.5) is 13.2 Å². The van der Waals surface area contributed by atoms with Crippen molar-refractivity contribution in [2.45, 2.75) is 18.6 Å². The number of ether oxygens (including phenoxy) is 1. The maximum atomic E-state index is 12.7. The van der Waals surface area contributed by atoms with Gasteiger partial charge in [0.05, 0.1) is 30.4 Å². The molecule has 3 heterocycles. The van der Waals surface area contributed by atoms with Crippen LogP contribution in [0.1, 0.15) is 27.4 Å². The first-order valence-corrected chi connectivity index (χ1v) is 10.5. The molecule has 4 rings (SSSR count). The summed E-state index contributed by atoms with van der Waals surface area (Å²) in [6.45, 7) is 1.40. The zero-order valence-electron chi connectivity index (χ0n) is 16.3. The number of allylic oxidation sites excluding steroid dienone is 3. The fourth-order valence-electron chi connectivity index (χ4n) is 3.49. The summed E-state index contributed by atoms with van der Waals surface area (Å²) in [5.74, 6) is -1.50. The van der Waals surface area contributed by atoms with Gasteiger partial charge in [-0.2, -0.15) is 13.2 Å². The van der Waals surface area contributed by atoms with Crippen LogP contribution in [0.15, 0.2) is 52.0 Å². The van der Waals surface area contributed by atoms with Gasteiger partial charge in [-0.3, -0.25) is 9.59 Å². The van der Waals surface area contributed by atoms with Gasteiger partial charge in [-0.15, -0.1) is 11.3 Å². The highest BCUT2D eigenvalue weighted by molar-refractivity contribution is 7.12. The van der Waals surface area contributed by atoms with Gasteiger partial charge in [-0.05, 0) is 23.1 Å². The second-order valence-corrected chi connectivity index (χ2v) is 8.12. The molecule has 31 heavy (non-hydrogen) atoms. The first-order chi connectivity index (χ1) is 14.8. The number of carbonyl (C=O) groups is 2. The highest BCUT2D eigenvalue weighted by atomic mass is 32.1. The van der Waals surface area contributed by atoms with Crippen molar-refractivity contribution >= 4 is 28.7 Å². The summed E-state index contributed by atoms with van der Waals surface area (Å²) in [6.07, 6.45) is -0.134. The fraction of sp³-hybridized carbons (Fsp3) is 0.333. The minimum absolute atomic E-state index is 0.0954. The van der Waals surface area contributed by atoms with E-state index in [0.717, 1.165) is 12.3 Å². The molecular weight excluding hydrogens is 433 g/mol. The Hall–Kier alpha value is -2.85. The summed E-state index contributed by atoms with van der Waals surface area (Å²) in [7, 11) is 0. The Morgan fingerprint density at radius 1 is 1.29 bits per heavy atom. The van der Waals surface area contributed by atoms with Crippen molar-refractivity contribution in [2.24, 2.45) is 0 Å². The fourth-order valence-corrected chi connectivity index (χ4v) is 4.17. The Bertz CT molecular complexity index is 1020. The maximum absolute atomic E-state index is 12.7. The number of thiophene rings is 1. The Morgan fingerprint density at radius 2 is 2.13 bits per heavy atom. The van der Waals surface area contributed by atoms with Crippen LogP contribution in [0, 0.1) is 0 Å².